The first-order valence-electron chi connectivity index (χ1n) is 6.58. The van der Waals surface area contributed by atoms with Gasteiger partial charge in [-0.1, -0.05) is 17.7 Å². The molecule has 1 amide bonds. The Labute approximate surface area is 124 Å². The third kappa shape index (κ3) is 5.53. The minimum Gasteiger partial charge on any atom is -0.480 e. The Hall–Kier alpha value is -2.55. The lowest BCUT2D eigenvalue weighted by atomic mass is 10.2. The van der Waals surface area contributed by atoms with Crippen LogP contribution in [0.15, 0.2) is 24.3 Å². The largest absolute Gasteiger partial charge is 0.480 e. The number of hydrogen-bond donors (Lipinski definition) is 1. The van der Waals surface area contributed by atoms with E-state index < -0.39 is 5.97 Å². The molecule has 1 aromatic rings. The lowest BCUT2D eigenvalue weighted by molar-refractivity contribution is -0.135. The van der Waals surface area contributed by atoms with Gasteiger partial charge >= 0.3 is 5.97 Å². The summed E-state index contributed by atoms with van der Waals surface area (Å²) in [5.74, 6) is -1.21. The lowest BCUT2D eigenvalue weighted by Crippen LogP contribution is -2.41. The van der Waals surface area contributed by atoms with E-state index in [1.54, 1.807) is 19.2 Å². The summed E-state index contributed by atoms with van der Waals surface area (Å²) in [6, 6.07) is 9.30. The zero-order valence-electron chi connectivity index (χ0n) is 12.2. The van der Waals surface area contributed by atoms with Crippen LogP contribution in [0.4, 0.5) is 5.69 Å². The Kier molecular flexibility index (Phi) is 6.21. The van der Waals surface area contributed by atoms with Gasteiger partial charge in [0.2, 0.25) is 5.91 Å². The SMILES string of the molecule is Cc1ccc(N(CC(=O)O)CC(=O)N(C)CCC#N)cc1. The highest BCUT2D eigenvalue weighted by molar-refractivity contribution is 5.84. The van der Waals surface area contributed by atoms with Gasteiger partial charge in [-0.15, -0.1) is 0 Å². The Morgan fingerprint density at radius 3 is 2.38 bits per heavy atom. The monoisotopic (exact) mass is 289 g/mol. The molecule has 0 spiro atoms. The summed E-state index contributed by atoms with van der Waals surface area (Å²) in [6.07, 6.45) is 0.256. The predicted octanol–water partition coefficient (Wildman–Crippen LogP) is 1.26. The van der Waals surface area contributed by atoms with Crippen molar-refractivity contribution in [3.05, 3.63) is 29.8 Å². The van der Waals surface area contributed by atoms with Gasteiger partial charge in [0.1, 0.15) is 6.54 Å². The molecule has 6 heteroatoms. The number of likely N-dealkylation sites (N-methyl/N-ethyl adjacent to an activating group) is 1. The molecule has 0 heterocycles. The summed E-state index contributed by atoms with van der Waals surface area (Å²) in [5.41, 5.74) is 1.75. The van der Waals surface area contributed by atoms with E-state index in [-0.39, 0.29) is 25.4 Å². The van der Waals surface area contributed by atoms with Gasteiger partial charge in [-0.25, -0.2) is 0 Å². The molecule has 0 radical (unpaired) electrons. The summed E-state index contributed by atoms with van der Waals surface area (Å²) in [6.45, 7) is 1.99. The van der Waals surface area contributed by atoms with Gasteiger partial charge in [0.05, 0.1) is 19.0 Å². The number of hydrogen-bond acceptors (Lipinski definition) is 4. The number of rotatable bonds is 7. The van der Waals surface area contributed by atoms with Crippen LogP contribution < -0.4 is 4.90 Å². The average molecular weight is 289 g/mol. The van der Waals surface area contributed by atoms with E-state index >= 15 is 0 Å². The highest BCUT2D eigenvalue weighted by atomic mass is 16.4. The van der Waals surface area contributed by atoms with E-state index in [9.17, 15) is 9.59 Å². The molecule has 0 aliphatic heterocycles. The fourth-order valence-electron chi connectivity index (χ4n) is 1.78. The summed E-state index contributed by atoms with van der Waals surface area (Å²) in [7, 11) is 1.60. The first kappa shape index (κ1) is 16.5. The second-order valence-corrected chi connectivity index (χ2v) is 4.81. The third-order valence-corrected chi connectivity index (χ3v) is 3.04. The smallest absolute Gasteiger partial charge is 0.323 e. The molecule has 1 N–H and O–H groups in total. The summed E-state index contributed by atoms with van der Waals surface area (Å²) >= 11 is 0. The number of carboxylic acids is 1. The van der Waals surface area contributed by atoms with Gasteiger partial charge < -0.3 is 14.9 Å². The number of carbonyl (C=O) groups excluding carboxylic acids is 1. The van der Waals surface area contributed by atoms with Gasteiger partial charge in [-0.3, -0.25) is 9.59 Å². The third-order valence-electron chi connectivity index (χ3n) is 3.04. The Morgan fingerprint density at radius 1 is 1.24 bits per heavy atom. The molecule has 0 fully saturated rings. The molecule has 0 aromatic heterocycles. The number of anilines is 1. The van der Waals surface area contributed by atoms with Crippen molar-refractivity contribution < 1.29 is 14.7 Å². The minimum atomic E-state index is -0.997. The summed E-state index contributed by atoms with van der Waals surface area (Å²) in [4.78, 5) is 26.0. The van der Waals surface area contributed by atoms with Crippen molar-refractivity contribution in [3.63, 3.8) is 0 Å². The molecule has 0 aliphatic rings. The van der Waals surface area contributed by atoms with Crippen molar-refractivity contribution in [2.45, 2.75) is 13.3 Å². The highest BCUT2D eigenvalue weighted by Crippen LogP contribution is 2.15. The van der Waals surface area contributed by atoms with Crippen LogP contribution in [-0.4, -0.2) is 48.6 Å². The number of carbonyl (C=O) groups is 2. The maximum Gasteiger partial charge on any atom is 0.323 e. The van der Waals surface area contributed by atoms with Crippen molar-refractivity contribution in [2.75, 3.05) is 31.6 Å². The number of carboxylic acid groups (broad SMARTS) is 1. The van der Waals surface area contributed by atoms with Crippen LogP contribution in [0.1, 0.15) is 12.0 Å². The van der Waals surface area contributed by atoms with Crippen molar-refractivity contribution in [1.29, 1.82) is 5.26 Å². The fourth-order valence-corrected chi connectivity index (χ4v) is 1.78. The van der Waals surface area contributed by atoms with Crippen LogP contribution in [0.25, 0.3) is 0 Å². The zero-order chi connectivity index (χ0) is 15.8. The van der Waals surface area contributed by atoms with Gasteiger partial charge in [0, 0.05) is 19.3 Å². The summed E-state index contributed by atoms with van der Waals surface area (Å²) < 4.78 is 0. The van der Waals surface area contributed by atoms with Crippen molar-refractivity contribution in [1.82, 2.24) is 4.90 Å². The fraction of sp³-hybridized carbons (Fsp3) is 0.400. The van der Waals surface area contributed by atoms with Crippen molar-refractivity contribution >= 4 is 17.6 Å². The van der Waals surface area contributed by atoms with Gasteiger partial charge in [0.25, 0.3) is 0 Å². The number of nitrogens with zero attached hydrogens (tertiary/aromatic N) is 3. The molecule has 0 atom stereocenters. The van der Waals surface area contributed by atoms with E-state index in [4.69, 9.17) is 10.4 Å². The van der Waals surface area contributed by atoms with Crippen LogP contribution in [-0.2, 0) is 9.59 Å². The number of nitriles is 1. The number of benzene rings is 1. The van der Waals surface area contributed by atoms with E-state index in [1.165, 1.54) is 9.80 Å². The number of aliphatic carboxylic acids is 1. The molecule has 21 heavy (non-hydrogen) atoms. The Balaban J connectivity index is 2.79. The standard InChI is InChI=1S/C15H19N3O3/c1-12-4-6-13(7-5-12)18(11-15(20)21)10-14(19)17(2)9-3-8-16/h4-7H,3,9-11H2,1-2H3,(H,20,21). The molecule has 0 bridgehead atoms. The molecule has 0 aliphatic carbocycles. The van der Waals surface area contributed by atoms with Gasteiger partial charge in [-0.05, 0) is 19.1 Å². The molecular weight excluding hydrogens is 270 g/mol. The second kappa shape index (κ2) is 7.90. The van der Waals surface area contributed by atoms with E-state index in [0.29, 0.717) is 12.2 Å². The maximum atomic E-state index is 12.1. The quantitative estimate of drug-likeness (QED) is 0.816. The molecule has 0 unspecified atom stereocenters. The number of amides is 1. The van der Waals surface area contributed by atoms with Crippen LogP contribution in [0.2, 0.25) is 0 Å². The Bertz CT molecular complexity index is 534. The first-order valence-corrected chi connectivity index (χ1v) is 6.58. The number of aryl methyl sites for hydroxylation is 1. The second-order valence-electron chi connectivity index (χ2n) is 4.81. The average Bonchev–Trinajstić information content (AvgIpc) is 2.44. The minimum absolute atomic E-state index is 0.0305. The molecule has 1 aromatic carbocycles. The zero-order valence-corrected chi connectivity index (χ0v) is 12.2. The Morgan fingerprint density at radius 2 is 1.86 bits per heavy atom. The van der Waals surface area contributed by atoms with Crippen molar-refractivity contribution in [2.24, 2.45) is 0 Å². The lowest BCUT2D eigenvalue weighted by Gasteiger charge is -2.25. The molecule has 112 valence electrons. The normalized spacial score (nSPS) is 9.76. The first-order chi connectivity index (χ1) is 9.93. The van der Waals surface area contributed by atoms with Gasteiger partial charge in [-0.2, -0.15) is 5.26 Å². The topological polar surface area (TPSA) is 84.6 Å². The molecule has 0 saturated carbocycles. The van der Waals surface area contributed by atoms with Crippen LogP contribution in [0.3, 0.4) is 0 Å². The summed E-state index contributed by atoms with van der Waals surface area (Å²) in [5, 5.41) is 17.5. The maximum absolute atomic E-state index is 12.1. The van der Waals surface area contributed by atoms with Crippen molar-refractivity contribution in [3.8, 4) is 6.07 Å². The van der Waals surface area contributed by atoms with E-state index in [2.05, 4.69) is 0 Å². The molecule has 0 saturated heterocycles. The van der Waals surface area contributed by atoms with Crippen LogP contribution in [0.5, 0.6) is 0 Å². The van der Waals surface area contributed by atoms with E-state index in [0.717, 1.165) is 5.56 Å². The molecule has 1 rings (SSSR count). The van der Waals surface area contributed by atoms with Crippen LogP contribution >= 0.6 is 0 Å². The van der Waals surface area contributed by atoms with E-state index in [1.807, 2.05) is 25.1 Å². The highest BCUT2D eigenvalue weighted by Gasteiger charge is 2.17. The molecular formula is C15H19N3O3. The van der Waals surface area contributed by atoms with Crippen LogP contribution in [0, 0.1) is 18.3 Å². The molecule has 6 nitrogen and oxygen atoms in total. The van der Waals surface area contributed by atoms with Gasteiger partial charge in [0.15, 0.2) is 0 Å². The predicted molar refractivity (Wildman–Crippen MR) is 78.9 cm³/mol.